The maximum Gasteiger partial charge on any atom is 0.335 e. The van der Waals surface area contributed by atoms with Crippen molar-refractivity contribution in [1.82, 2.24) is 15.0 Å². The van der Waals surface area contributed by atoms with Gasteiger partial charge in [-0.25, -0.2) is 9.59 Å². The lowest BCUT2D eigenvalue weighted by molar-refractivity contribution is -0.0474. The number of unbranched alkanes of at least 4 members (excludes halogenated alkanes) is 3. The van der Waals surface area contributed by atoms with Crippen LogP contribution in [0.4, 0.5) is 40.6 Å². The fourth-order valence-corrected chi connectivity index (χ4v) is 5.39. The lowest BCUT2D eigenvalue weighted by Gasteiger charge is -2.14. The number of hydrogen-bond acceptors (Lipinski definition) is 14. The number of aromatic nitrogens is 3. The smallest absolute Gasteiger partial charge is 0.335 e. The second kappa shape index (κ2) is 19.0. The second-order valence-electron chi connectivity index (χ2n) is 12.7. The van der Waals surface area contributed by atoms with Gasteiger partial charge in [0.25, 0.3) is 11.8 Å². The highest BCUT2D eigenvalue weighted by Crippen LogP contribution is 2.25. The van der Waals surface area contributed by atoms with Crippen LogP contribution in [0.15, 0.2) is 84.9 Å². The number of aromatic carboxylic acids is 2. The lowest BCUT2D eigenvalue weighted by Crippen LogP contribution is -2.14. The summed E-state index contributed by atoms with van der Waals surface area (Å²) in [4.78, 5) is 62.3. The van der Waals surface area contributed by atoms with Crippen molar-refractivity contribution in [2.75, 3.05) is 33.1 Å². The Kier molecular flexibility index (Phi) is 13.8. The van der Waals surface area contributed by atoms with Gasteiger partial charge in [-0.1, -0.05) is 26.2 Å². The molecule has 0 aliphatic rings. The Bertz CT molecular complexity index is 2170. The van der Waals surface area contributed by atoms with Crippen molar-refractivity contribution in [2.24, 2.45) is 0 Å². The van der Waals surface area contributed by atoms with Crippen LogP contribution in [0.3, 0.4) is 0 Å². The monoisotopic (exact) mass is 780 g/mol. The summed E-state index contributed by atoms with van der Waals surface area (Å²) in [5.74, 6) is -3.24. The zero-order valence-corrected chi connectivity index (χ0v) is 30.4. The van der Waals surface area contributed by atoms with Gasteiger partial charge < -0.3 is 57.2 Å². The molecule has 0 spiro atoms. The molecule has 0 atom stereocenters. The lowest BCUT2D eigenvalue weighted by atomic mass is 10.1. The Hall–Kier alpha value is -6.99. The Morgan fingerprint density at radius 1 is 0.526 bits per heavy atom. The van der Waals surface area contributed by atoms with Gasteiger partial charge in [0.15, 0.2) is 12.6 Å². The number of rotatable bonds is 18. The number of aliphatic hydroxyl groups is 4. The number of carboxylic acid groups (broad SMARTS) is 2. The van der Waals surface area contributed by atoms with Crippen LogP contribution in [0.5, 0.6) is 0 Å². The minimum atomic E-state index is -1.90. The van der Waals surface area contributed by atoms with E-state index in [9.17, 15) is 49.8 Å². The predicted molar refractivity (Wildman–Crippen MR) is 209 cm³/mol. The molecule has 18 heteroatoms. The van der Waals surface area contributed by atoms with E-state index in [1.165, 1.54) is 42.5 Å². The van der Waals surface area contributed by atoms with Crippen LogP contribution in [-0.4, -0.2) is 75.9 Å². The third-order valence-corrected chi connectivity index (χ3v) is 8.27. The van der Waals surface area contributed by atoms with Crippen molar-refractivity contribution in [2.45, 2.75) is 45.2 Å². The molecule has 4 aromatic carbocycles. The number of anilines is 7. The first-order valence-corrected chi connectivity index (χ1v) is 17.6. The molecule has 1 heterocycles. The number of carbonyl (C=O) groups is 4. The van der Waals surface area contributed by atoms with Gasteiger partial charge >= 0.3 is 11.9 Å². The summed E-state index contributed by atoms with van der Waals surface area (Å²) in [6.45, 7) is 2.73. The van der Waals surface area contributed by atoms with Crippen molar-refractivity contribution >= 4 is 64.3 Å². The van der Waals surface area contributed by atoms with E-state index in [1.807, 2.05) is 0 Å². The largest absolute Gasteiger partial charge is 0.478 e. The van der Waals surface area contributed by atoms with Crippen LogP contribution in [-0.2, 0) is 0 Å². The van der Waals surface area contributed by atoms with E-state index in [-0.39, 0.29) is 62.6 Å². The maximum absolute atomic E-state index is 13.0. The summed E-state index contributed by atoms with van der Waals surface area (Å²) in [5, 5.41) is 71.4. The van der Waals surface area contributed by atoms with Gasteiger partial charge in [-0.05, 0) is 91.3 Å². The van der Waals surface area contributed by atoms with E-state index in [4.69, 9.17) is 0 Å². The molecule has 0 unspecified atom stereocenters. The Morgan fingerprint density at radius 2 is 0.965 bits per heavy atom. The minimum Gasteiger partial charge on any atom is -0.478 e. The number of nitrogens with zero attached hydrogens (tertiary/aromatic N) is 3. The molecule has 11 N–H and O–H groups in total. The zero-order valence-electron chi connectivity index (χ0n) is 30.4. The molecule has 2 amide bonds. The van der Waals surface area contributed by atoms with Crippen LogP contribution in [0.25, 0.3) is 0 Å². The van der Waals surface area contributed by atoms with E-state index in [0.717, 1.165) is 43.9 Å². The summed E-state index contributed by atoms with van der Waals surface area (Å²) in [5.41, 5.74) is 0.917. The quantitative estimate of drug-likeness (QED) is 0.0401. The SMILES string of the molecule is CCCCCCNc1nc(Nc2ccc(C(=O)Nc3cc(C(=O)O)cc(C(=O)O)c3)cc2)nc(Nc2ccc(C(=O)Nc3cc(C(O)O)cc(C(O)O)c3)cc2)n1. The average Bonchev–Trinajstić information content (AvgIpc) is 3.18. The third-order valence-electron chi connectivity index (χ3n) is 8.27. The summed E-state index contributed by atoms with van der Waals surface area (Å²) < 4.78 is 0. The van der Waals surface area contributed by atoms with E-state index >= 15 is 0 Å². The van der Waals surface area contributed by atoms with Crippen LogP contribution in [0, 0.1) is 0 Å². The Labute approximate surface area is 325 Å². The molecule has 0 fully saturated rings. The van der Waals surface area contributed by atoms with Crippen molar-refractivity contribution in [1.29, 1.82) is 0 Å². The minimum absolute atomic E-state index is 0.00210. The van der Waals surface area contributed by atoms with Gasteiger partial charge in [-0.2, -0.15) is 15.0 Å². The molecule has 0 saturated carbocycles. The van der Waals surface area contributed by atoms with Crippen molar-refractivity contribution < 1.29 is 49.8 Å². The molecule has 18 nitrogen and oxygen atoms in total. The molecule has 1 aromatic heterocycles. The zero-order chi connectivity index (χ0) is 41.1. The normalized spacial score (nSPS) is 10.9. The van der Waals surface area contributed by atoms with E-state index in [1.54, 1.807) is 24.3 Å². The summed E-state index contributed by atoms with van der Waals surface area (Å²) in [6, 6.07) is 19.6. The molecule has 0 aliphatic carbocycles. The van der Waals surface area contributed by atoms with E-state index < -0.39 is 36.3 Å². The molecule has 0 radical (unpaired) electrons. The average molecular weight is 781 g/mol. The highest BCUT2D eigenvalue weighted by Gasteiger charge is 2.16. The molecule has 57 heavy (non-hydrogen) atoms. The first-order valence-electron chi connectivity index (χ1n) is 17.6. The first kappa shape index (κ1) is 41.2. The summed E-state index contributed by atoms with van der Waals surface area (Å²) >= 11 is 0. The summed E-state index contributed by atoms with van der Waals surface area (Å²) in [6.07, 6.45) is 0.281. The molecule has 296 valence electrons. The van der Waals surface area contributed by atoms with Gasteiger partial charge in [0.1, 0.15) is 0 Å². The topological polar surface area (TPSA) is 288 Å². The molecular formula is C39H40N8O10. The van der Waals surface area contributed by atoms with Crippen LogP contribution in [0.2, 0.25) is 0 Å². The van der Waals surface area contributed by atoms with Crippen LogP contribution < -0.4 is 26.6 Å². The third kappa shape index (κ3) is 11.7. The van der Waals surface area contributed by atoms with Gasteiger partial charge in [0, 0.05) is 51.5 Å². The van der Waals surface area contributed by atoms with E-state index in [0.29, 0.717) is 17.9 Å². The number of benzene rings is 4. The summed E-state index contributed by atoms with van der Waals surface area (Å²) in [7, 11) is 0. The highest BCUT2D eigenvalue weighted by molar-refractivity contribution is 6.06. The molecular weight excluding hydrogens is 740 g/mol. The van der Waals surface area contributed by atoms with Gasteiger partial charge in [0.05, 0.1) is 11.1 Å². The Balaban J connectivity index is 1.29. The second-order valence-corrected chi connectivity index (χ2v) is 12.7. The molecule has 0 bridgehead atoms. The van der Waals surface area contributed by atoms with Crippen molar-refractivity contribution in [3.05, 3.63) is 118 Å². The van der Waals surface area contributed by atoms with Crippen LogP contribution in [0.1, 0.15) is 97.7 Å². The van der Waals surface area contributed by atoms with E-state index in [2.05, 4.69) is 48.5 Å². The number of carboxylic acids is 2. The molecule has 0 aliphatic heterocycles. The Morgan fingerprint density at radius 3 is 1.39 bits per heavy atom. The molecule has 5 rings (SSSR count). The number of aliphatic hydroxyl groups excluding tert-OH is 2. The standard InChI is InChI=1S/C39H40N8O10/c1-2-3-4-5-14-40-37-45-38(43-27-10-6-21(7-11-27)31(48)41-29-17-23(33(50)51)15-24(18-29)34(52)53)47-39(46-37)44-28-12-8-22(9-13-28)32(49)42-30-19-25(35(54)55)16-26(20-30)36(56)57/h6-13,15-20,33-34,50-53H,2-5,14H2,1H3,(H,41,48)(H,42,49)(H,54,55)(H,56,57)(H3,40,43,44,45,46,47). The van der Waals surface area contributed by atoms with Crippen LogP contribution >= 0.6 is 0 Å². The number of carbonyl (C=O) groups excluding carboxylic acids is 2. The first-order chi connectivity index (χ1) is 27.3. The molecule has 0 saturated heterocycles. The van der Waals surface area contributed by atoms with Crippen molar-refractivity contribution in [3.63, 3.8) is 0 Å². The maximum atomic E-state index is 13.0. The number of hydrogen-bond donors (Lipinski definition) is 11. The van der Waals surface area contributed by atoms with Gasteiger partial charge in [-0.3, -0.25) is 9.59 Å². The fourth-order valence-electron chi connectivity index (χ4n) is 5.39. The fraction of sp³-hybridized carbons (Fsp3) is 0.205. The molecule has 5 aromatic rings. The van der Waals surface area contributed by atoms with Gasteiger partial charge in [0.2, 0.25) is 17.8 Å². The van der Waals surface area contributed by atoms with Crippen molar-refractivity contribution in [3.8, 4) is 0 Å². The predicted octanol–water partition coefficient (Wildman–Crippen LogP) is 5.22. The number of amides is 2. The highest BCUT2D eigenvalue weighted by atomic mass is 16.5. The van der Waals surface area contributed by atoms with Gasteiger partial charge in [-0.15, -0.1) is 0 Å². The number of nitrogens with one attached hydrogen (secondary N) is 5.